The summed E-state index contributed by atoms with van der Waals surface area (Å²) in [7, 11) is 1.68. The summed E-state index contributed by atoms with van der Waals surface area (Å²) in [5.74, 6) is 1.30. The van der Waals surface area contributed by atoms with Crippen molar-refractivity contribution in [2.24, 2.45) is 0 Å². The smallest absolute Gasteiger partial charge is 0.154 e. The van der Waals surface area contributed by atoms with Gasteiger partial charge in [0.05, 0.1) is 6.10 Å². The SMILES string of the molecule is COCc1nccc([C@H]2CCCN(C[C@@H]3CCCCO3)C2)n1. The maximum Gasteiger partial charge on any atom is 0.154 e. The predicted octanol–water partition coefficient (Wildman–Crippen LogP) is 2.37. The molecule has 1 aromatic rings. The average Bonchev–Trinajstić information content (AvgIpc) is 2.57. The number of methoxy groups -OCH3 is 1. The highest BCUT2D eigenvalue weighted by atomic mass is 16.5. The van der Waals surface area contributed by atoms with E-state index in [1.807, 2.05) is 6.20 Å². The minimum atomic E-state index is 0.432. The van der Waals surface area contributed by atoms with Crippen molar-refractivity contribution in [1.29, 1.82) is 0 Å². The molecule has 122 valence electrons. The van der Waals surface area contributed by atoms with Crippen LogP contribution in [0.25, 0.3) is 0 Å². The first-order valence-corrected chi connectivity index (χ1v) is 8.50. The Labute approximate surface area is 133 Å². The van der Waals surface area contributed by atoms with Gasteiger partial charge >= 0.3 is 0 Å². The monoisotopic (exact) mass is 305 g/mol. The van der Waals surface area contributed by atoms with Gasteiger partial charge < -0.3 is 14.4 Å². The minimum absolute atomic E-state index is 0.432. The molecule has 22 heavy (non-hydrogen) atoms. The third kappa shape index (κ3) is 4.24. The molecule has 5 nitrogen and oxygen atoms in total. The molecule has 0 bridgehead atoms. The lowest BCUT2D eigenvalue weighted by Crippen LogP contribution is -2.41. The molecular formula is C17H27N3O2. The molecule has 0 N–H and O–H groups in total. The highest BCUT2D eigenvalue weighted by molar-refractivity contribution is 5.10. The molecule has 2 aliphatic heterocycles. The lowest BCUT2D eigenvalue weighted by molar-refractivity contribution is -0.0101. The van der Waals surface area contributed by atoms with Crippen molar-refractivity contribution < 1.29 is 9.47 Å². The summed E-state index contributed by atoms with van der Waals surface area (Å²) in [5, 5.41) is 0. The van der Waals surface area contributed by atoms with Crippen molar-refractivity contribution in [2.75, 3.05) is 33.4 Å². The molecule has 2 fully saturated rings. The van der Waals surface area contributed by atoms with Crippen LogP contribution in [0.15, 0.2) is 12.3 Å². The van der Waals surface area contributed by atoms with E-state index in [4.69, 9.17) is 9.47 Å². The zero-order valence-corrected chi connectivity index (χ0v) is 13.5. The number of hydrogen-bond acceptors (Lipinski definition) is 5. The molecule has 2 atom stereocenters. The topological polar surface area (TPSA) is 47.5 Å². The fourth-order valence-electron chi connectivity index (χ4n) is 3.54. The van der Waals surface area contributed by atoms with Crippen molar-refractivity contribution in [3.63, 3.8) is 0 Å². The Morgan fingerprint density at radius 3 is 3.09 bits per heavy atom. The zero-order chi connectivity index (χ0) is 15.2. The summed E-state index contributed by atoms with van der Waals surface area (Å²) < 4.78 is 11.0. The molecule has 0 radical (unpaired) electrons. The second-order valence-electron chi connectivity index (χ2n) is 6.42. The van der Waals surface area contributed by atoms with Crippen molar-refractivity contribution >= 4 is 0 Å². The van der Waals surface area contributed by atoms with E-state index >= 15 is 0 Å². The summed E-state index contributed by atoms with van der Waals surface area (Å²) in [6.07, 6.45) is 8.50. The Kier molecular flexibility index (Phi) is 5.76. The highest BCUT2D eigenvalue weighted by Gasteiger charge is 2.25. The average molecular weight is 305 g/mol. The van der Waals surface area contributed by atoms with E-state index in [9.17, 15) is 0 Å². The predicted molar refractivity (Wildman–Crippen MR) is 84.8 cm³/mol. The van der Waals surface area contributed by atoms with Crippen LogP contribution in [-0.4, -0.2) is 54.3 Å². The quantitative estimate of drug-likeness (QED) is 0.836. The van der Waals surface area contributed by atoms with Crippen molar-refractivity contribution in [1.82, 2.24) is 14.9 Å². The zero-order valence-electron chi connectivity index (χ0n) is 13.5. The molecule has 0 aromatic carbocycles. The van der Waals surface area contributed by atoms with Gasteiger partial charge in [-0.15, -0.1) is 0 Å². The molecule has 0 amide bonds. The summed E-state index contributed by atoms with van der Waals surface area (Å²) in [4.78, 5) is 11.5. The Hall–Kier alpha value is -1.04. The first-order valence-electron chi connectivity index (χ1n) is 8.50. The number of likely N-dealkylation sites (tertiary alicyclic amines) is 1. The molecule has 3 rings (SSSR count). The van der Waals surface area contributed by atoms with Gasteiger partial charge in [-0.3, -0.25) is 0 Å². The van der Waals surface area contributed by atoms with Crippen LogP contribution in [0.3, 0.4) is 0 Å². The molecule has 3 heterocycles. The van der Waals surface area contributed by atoms with Crippen LogP contribution in [-0.2, 0) is 16.1 Å². The van der Waals surface area contributed by atoms with Crippen LogP contribution in [0.5, 0.6) is 0 Å². The van der Waals surface area contributed by atoms with Crippen LogP contribution in [0.4, 0.5) is 0 Å². The fraction of sp³-hybridized carbons (Fsp3) is 0.765. The van der Waals surface area contributed by atoms with Gasteiger partial charge in [0.2, 0.25) is 0 Å². The van der Waals surface area contributed by atoms with Gasteiger partial charge in [-0.25, -0.2) is 9.97 Å². The van der Waals surface area contributed by atoms with Crippen molar-refractivity contribution in [3.05, 3.63) is 23.8 Å². The second kappa shape index (κ2) is 7.99. The van der Waals surface area contributed by atoms with Gasteiger partial charge in [-0.05, 0) is 44.7 Å². The first-order chi connectivity index (χ1) is 10.8. The molecule has 0 saturated carbocycles. The normalized spacial score (nSPS) is 27.0. The lowest BCUT2D eigenvalue weighted by Gasteiger charge is -2.35. The Morgan fingerprint density at radius 1 is 1.32 bits per heavy atom. The number of hydrogen-bond donors (Lipinski definition) is 0. The van der Waals surface area contributed by atoms with E-state index in [1.165, 1.54) is 38.6 Å². The maximum atomic E-state index is 5.89. The van der Waals surface area contributed by atoms with E-state index in [0.29, 0.717) is 18.6 Å². The minimum Gasteiger partial charge on any atom is -0.377 e. The first kappa shape index (κ1) is 15.8. The van der Waals surface area contributed by atoms with Gasteiger partial charge in [0.15, 0.2) is 5.82 Å². The van der Waals surface area contributed by atoms with E-state index in [2.05, 4.69) is 20.9 Å². The molecule has 5 heteroatoms. The summed E-state index contributed by atoms with van der Waals surface area (Å²) in [6, 6.07) is 2.06. The molecule has 0 aliphatic carbocycles. The van der Waals surface area contributed by atoms with E-state index in [1.54, 1.807) is 7.11 Å². The van der Waals surface area contributed by atoms with Gasteiger partial charge in [-0.2, -0.15) is 0 Å². The van der Waals surface area contributed by atoms with Gasteiger partial charge in [0.1, 0.15) is 6.61 Å². The standard InChI is InChI=1S/C17H27N3O2/c1-21-13-17-18-8-7-16(19-17)14-5-4-9-20(11-14)12-15-6-2-3-10-22-15/h7-8,14-15H,2-6,9-13H2,1H3/t14-,15-/m0/s1. The molecule has 2 aliphatic rings. The largest absolute Gasteiger partial charge is 0.377 e. The van der Waals surface area contributed by atoms with Gasteiger partial charge in [0.25, 0.3) is 0 Å². The highest BCUT2D eigenvalue weighted by Crippen LogP contribution is 2.26. The van der Waals surface area contributed by atoms with Crippen LogP contribution >= 0.6 is 0 Å². The maximum absolute atomic E-state index is 5.89. The van der Waals surface area contributed by atoms with E-state index in [-0.39, 0.29) is 0 Å². The molecular weight excluding hydrogens is 278 g/mol. The van der Waals surface area contributed by atoms with Gasteiger partial charge in [0, 0.05) is 44.6 Å². The third-order valence-corrected chi connectivity index (χ3v) is 4.66. The number of rotatable bonds is 5. The summed E-state index contributed by atoms with van der Waals surface area (Å²) in [6.45, 7) is 4.77. The molecule has 0 unspecified atom stereocenters. The number of ether oxygens (including phenoxy) is 2. The van der Waals surface area contributed by atoms with Gasteiger partial charge in [-0.1, -0.05) is 0 Å². The second-order valence-corrected chi connectivity index (χ2v) is 6.42. The molecule has 1 aromatic heterocycles. The van der Waals surface area contributed by atoms with Crippen LogP contribution < -0.4 is 0 Å². The number of aromatic nitrogens is 2. The van der Waals surface area contributed by atoms with Crippen molar-refractivity contribution in [3.8, 4) is 0 Å². The van der Waals surface area contributed by atoms with Crippen LogP contribution in [0.1, 0.15) is 49.5 Å². The van der Waals surface area contributed by atoms with E-state index in [0.717, 1.165) is 31.2 Å². The molecule has 0 spiro atoms. The lowest BCUT2D eigenvalue weighted by atomic mass is 9.94. The Bertz CT molecular complexity index is 463. The molecule has 2 saturated heterocycles. The summed E-state index contributed by atoms with van der Waals surface area (Å²) >= 11 is 0. The third-order valence-electron chi connectivity index (χ3n) is 4.66. The summed E-state index contributed by atoms with van der Waals surface area (Å²) in [5.41, 5.74) is 1.16. The fourth-order valence-corrected chi connectivity index (χ4v) is 3.54. The van der Waals surface area contributed by atoms with Crippen LogP contribution in [0, 0.1) is 0 Å². The van der Waals surface area contributed by atoms with Crippen molar-refractivity contribution in [2.45, 2.75) is 50.7 Å². The number of nitrogens with zero attached hydrogens (tertiary/aromatic N) is 3. The Balaban J connectivity index is 1.58. The van der Waals surface area contributed by atoms with E-state index < -0.39 is 0 Å². The number of piperidine rings is 1. The Morgan fingerprint density at radius 2 is 2.27 bits per heavy atom. The van der Waals surface area contributed by atoms with Crippen LogP contribution in [0.2, 0.25) is 0 Å².